The number of rotatable bonds is 2. The molecule has 0 heterocycles. The van der Waals surface area contributed by atoms with Crippen LogP contribution in [0, 0.1) is 0 Å². The first-order valence-corrected chi connectivity index (χ1v) is 2.30. The molecule has 40 valence electrons. The zero-order chi connectivity index (χ0) is 5.28. The second-order valence-electron chi connectivity index (χ2n) is 1.66. The molecule has 0 spiro atoms. The van der Waals surface area contributed by atoms with E-state index in [1.54, 1.807) is 0 Å². The molecule has 1 aliphatic carbocycles. The maximum atomic E-state index is 8.10. The van der Waals surface area contributed by atoms with E-state index in [0.717, 1.165) is 12.8 Å². The molecule has 0 aliphatic heterocycles. The van der Waals surface area contributed by atoms with Gasteiger partial charge < -0.3 is 14.7 Å². The fourth-order valence-electron chi connectivity index (χ4n) is 0.376. The van der Waals surface area contributed by atoms with Crippen LogP contribution in [0.2, 0.25) is 0 Å². The van der Waals surface area contributed by atoms with Crippen molar-refractivity contribution < 1.29 is 14.7 Å². The van der Waals surface area contributed by atoms with Crippen molar-refractivity contribution in [1.29, 1.82) is 0 Å². The minimum Gasteiger partial charge on any atom is -0.402 e. The van der Waals surface area contributed by atoms with Crippen molar-refractivity contribution in [2.45, 2.75) is 18.9 Å². The van der Waals surface area contributed by atoms with Crippen LogP contribution in [0.1, 0.15) is 12.8 Å². The smallest absolute Gasteiger partial charge is 0.402 e. The van der Waals surface area contributed by atoms with Gasteiger partial charge in [0.2, 0.25) is 0 Å². The van der Waals surface area contributed by atoms with Gasteiger partial charge in [0, 0.05) is 6.10 Å². The van der Waals surface area contributed by atoms with Gasteiger partial charge in [-0.05, 0) is 12.8 Å². The molecule has 0 aromatic heterocycles. The summed E-state index contributed by atoms with van der Waals surface area (Å²) in [5, 5.41) is 16.2. The maximum Gasteiger partial charge on any atom is 0.634 e. The highest BCUT2D eigenvalue weighted by Crippen LogP contribution is 2.23. The quantitative estimate of drug-likeness (QED) is 0.445. The molecule has 1 rings (SSSR count). The van der Waals surface area contributed by atoms with Crippen molar-refractivity contribution in [3.05, 3.63) is 0 Å². The zero-order valence-corrected chi connectivity index (χ0v) is 3.87. The van der Waals surface area contributed by atoms with Crippen molar-refractivity contribution in [3.8, 4) is 0 Å². The third kappa shape index (κ3) is 1.92. The SMILES string of the molecule is OB(O)OC1CC1. The lowest BCUT2D eigenvalue weighted by Crippen LogP contribution is -2.17. The van der Waals surface area contributed by atoms with E-state index in [1.807, 2.05) is 0 Å². The minimum absolute atomic E-state index is 0.125. The topological polar surface area (TPSA) is 49.7 Å². The van der Waals surface area contributed by atoms with Crippen LogP contribution in [0.3, 0.4) is 0 Å². The molecular formula is C3H7BO3. The molecule has 0 aromatic rings. The van der Waals surface area contributed by atoms with E-state index < -0.39 is 7.32 Å². The van der Waals surface area contributed by atoms with Crippen molar-refractivity contribution in [2.24, 2.45) is 0 Å². The van der Waals surface area contributed by atoms with Crippen LogP contribution in [-0.4, -0.2) is 23.5 Å². The summed E-state index contributed by atoms with van der Waals surface area (Å²) >= 11 is 0. The van der Waals surface area contributed by atoms with Gasteiger partial charge in [0.05, 0.1) is 0 Å². The fourth-order valence-corrected chi connectivity index (χ4v) is 0.376. The highest BCUT2D eigenvalue weighted by atomic mass is 16.6. The Morgan fingerprint density at radius 3 is 2.14 bits per heavy atom. The van der Waals surface area contributed by atoms with Crippen molar-refractivity contribution in [1.82, 2.24) is 0 Å². The standard InChI is InChI=1S/C3H7BO3/c5-4(6)7-3-1-2-3/h3,5-6H,1-2H2. The third-order valence-corrected chi connectivity index (χ3v) is 0.839. The normalized spacial score (nSPS) is 19.7. The summed E-state index contributed by atoms with van der Waals surface area (Å²) in [5.74, 6) is 0. The highest BCUT2D eigenvalue weighted by molar-refractivity contribution is 6.32. The lowest BCUT2D eigenvalue weighted by Gasteiger charge is -1.94. The zero-order valence-electron chi connectivity index (χ0n) is 3.87. The summed E-state index contributed by atoms with van der Waals surface area (Å²) in [4.78, 5) is 0. The fraction of sp³-hybridized carbons (Fsp3) is 1.00. The van der Waals surface area contributed by atoms with E-state index in [0.29, 0.717) is 0 Å². The molecule has 0 bridgehead atoms. The predicted octanol–water partition coefficient (Wildman–Crippen LogP) is -0.865. The number of hydrogen-bond donors (Lipinski definition) is 2. The molecule has 0 atom stereocenters. The molecule has 3 nitrogen and oxygen atoms in total. The summed E-state index contributed by atoms with van der Waals surface area (Å²) in [6.45, 7) is 0. The number of hydrogen-bond acceptors (Lipinski definition) is 3. The maximum absolute atomic E-state index is 8.10. The van der Waals surface area contributed by atoms with E-state index in [4.69, 9.17) is 10.0 Å². The van der Waals surface area contributed by atoms with Gasteiger partial charge in [-0.2, -0.15) is 0 Å². The van der Waals surface area contributed by atoms with E-state index in [2.05, 4.69) is 4.65 Å². The van der Waals surface area contributed by atoms with Crippen LogP contribution in [-0.2, 0) is 4.65 Å². The molecule has 4 heteroatoms. The van der Waals surface area contributed by atoms with Crippen molar-refractivity contribution >= 4 is 7.32 Å². The van der Waals surface area contributed by atoms with Gasteiger partial charge in [-0.1, -0.05) is 0 Å². The van der Waals surface area contributed by atoms with Crippen LogP contribution in [0.15, 0.2) is 0 Å². The van der Waals surface area contributed by atoms with Gasteiger partial charge in [-0.15, -0.1) is 0 Å². The van der Waals surface area contributed by atoms with E-state index >= 15 is 0 Å². The molecule has 1 fully saturated rings. The van der Waals surface area contributed by atoms with Crippen LogP contribution in [0.25, 0.3) is 0 Å². The summed E-state index contributed by atoms with van der Waals surface area (Å²) in [6, 6.07) is 0. The van der Waals surface area contributed by atoms with Gasteiger partial charge in [-0.3, -0.25) is 0 Å². The van der Waals surface area contributed by atoms with E-state index in [1.165, 1.54) is 0 Å². The second-order valence-corrected chi connectivity index (χ2v) is 1.66. The first-order valence-electron chi connectivity index (χ1n) is 2.30. The Kier molecular flexibility index (Phi) is 1.32. The molecular weight excluding hydrogens is 94.8 g/mol. The van der Waals surface area contributed by atoms with Crippen LogP contribution in [0.4, 0.5) is 0 Å². The molecule has 0 saturated heterocycles. The molecule has 0 unspecified atom stereocenters. The third-order valence-electron chi connectivity index (χ3n) is 0.839. The molecule has 0 radical (unpaired) electrons. The molecule has 7 heavy (non-hydrogen) atoms. The molecule has 0 aromatic carbocycles. The first-order chi connectivity index (χ1) is 3.29. The summed E-state index contributed by atoms with van der Waals surface area (Å²) < 4.78 is 4.47. The Labute approximate surface area is 42.1 Å². The van der Waals surface area contributed by atoms with E-state index in [-0.39, 0.29) is 6.10 Å². The molecule has 2 N–H and O–H groups in total. The monoisotopic (exact) mass is 102 g/mol. The Morgan fingerprint density at radius 2 is 2.00 bits per heavy atom. The molecule has 1 saturated carbocycles. The largest absolute Gasteiger partial charge is 0.634 e. The van der Waals surface area contributed by atoms with Gasteiger partial charge in [-0.25, -0.2) is 0 Å². The van der Waals surface area contributed by atoms with Gasteiger partial charge >= 0.3 is 7.32 Å². The van der Waals surface area contributed by atoms with E-state index in [9.17, 15) is 0 Å². The second kappa shape index (κ2) is 1.82. The Bertz CT molecular complexity index is 61.2. The van der Waals surface area contributed by atoms with Crippen LogP contribution >= 0.6 is 0 Å². The average molecular weight is 102 g/mol. The average Bonchev–Trinajstić information content (AvgIpc) is 2.17. The van der Waals surface area contributed by atoms with Gasteiger partial charge in [0.15, 0.2) is 0 Å². The summed E-state index contributed by atoms with van der Waals surface area (Å²) in [5.41, 5.74) is 0. The predicted molar refractivity (Wildman–Crippen MR) is 24.3 cm³/mol. The molecule has 1 aliphatic rings. The summed E-state index contributed by atoms with van der Waals surface area (Å²) in [6.07, 6.45) is 2.06. The Morgan fingerprint density at radius 1 is 1.43 bits per heavy atom. The van der Waals surface area contributed by atoms with Crippen LogP contribution < -0.4 is 0 Å². The van der Waals surface area contributed by atoms with Gasteiger partial charge in [0.25, 0.3) is 0 Å². The van der Waals surface area contributed by atoms with Crippen molar-refractivity contribution in [3.63, 3.8) is 0 Å². The van der Waals surface area contributed by atoms with Crippen LogP contribution in [0.5, 0.6) is 0 Å². The lowest BCUT2D eigenvalue weighted by molar-refractivity contribution is 0.176. The van der Waals surface area contributed by atoms with Crippen molar-refractivity contribution in [2.75, 3.05) is 0 Å². The van der Waals surface area contributed by atoms with Gasteiger partial charge in [0.1, 0.15) is 0 Å². The summed E-state index contributed by atoms with van der Waals surface area (Å²) in [7, 11) is -1.56. The Balaban J connectivity index is 1.97. The Hall–Kier alpha value is -0.0551. The lowest BCUT2D eigenvalue weighted by atomic mass is 10.3. The first kappa shape index (κ1) is 5.09. The minimum atomic E-state index is -1.56. The molecule has 0 amide bonds. The highest BCUT2D eigenvalue weighted by Gasteiger charge is 2.27.